The smallest absolute Gasteiger partial charge is 0.342 e. The van der Waals surface area contributed by atoms with Gasteiger partial charge in [0.2, 0.25) is 0 Å². The number of carbonyl (C=O) groups excluding carboxylic acids is 2. The van der Waals surface area contributed by atoms with Gasteiger partial charge in [0, 0.05) is 30.3 Å². The fraction of sp³-hybridized carbons (Fsp3) is 0.241. The predicted molar refractivity (Wildman–Crippen MR) is 139 cm³/mol. The van der Waals surface area contributed by atoms with Crippen molar-refractivity contribution < 1.29 is 22.8 Å². The SMILES string of the molecule is NC(=O)c1cc(-c2cccnc2[C@@H](CNC(=O)n2ncc3c2CCCC3)Cc2cc(F)cc(F)c2)ccc1F. The molecule has 0 aliphatic heterocycles. The lowest BCUT2D eigenvalue weighted by molar-refractivity contribution is 0.0996. The molecule has 7 nitrogen and oxygen atoms in total. The summed E-state index contributed by atoms with van der Waals surface area (Å²) in [4.78, 5) is 29.4. The molecule has 1 aliphatic carbocycles. The molecular weight excluding hydrogens is 507 g/mol. The Balaban J connectivity index is 1.50. The van der Waals surface area contributed by atoms with Crippen LogP contribution in [0, 0.1) is 17.5 Å². The number of hydrogen-bond donors (Lipinski definition) is 2. The van der Waals surface area contributed by atoms with Crippen molar-refractivity contribution in [1.82, 2.24) is 20.1 Å². The van der Waals surface area contributed by atoms with Gasteiger partial charge in [0.1, 0.15) is 17.5 Å². The Morgan fingerprint density at radius 2 is 1.79 bits per heavy atom. The van der Waals surface area contributed by atoms with Crippen molar-refractivity contribution >= 4 is 11.9 Å². The Kier molecular flexibility index (Phi) is 7.44. The third kappa shape index (κ3) is 5.69. The lowest BCUT2D eigenvalue weighted by atomic mass is 9.89. The van der Waals surface area contributed by atoms with E-state index < -0.39 is 35.3 Å². The first kappa shape index (κ1) is 26.1. The monoisotopic (exact) mass is 533 g/mol. The van der Waals surface area contributed by atoms with E-state index in [1.54, 1.807) is 24.5 Å². The van der Waals surface area contributed by atoms with Crippen molar-refractivity contribution in [2.75, 3.05) is 6.54 Å². The van der Waals surface area contributed by atoms with Crippen molar-refractivity contribution in [2.45, 2.75) is 38.0 Å². The van der Waals surface area contributed by atoms with E-state index in [2.05, 4.69) is 15.4 Å². The zero-order valence-electron chi connectivity index (χ0n) is 21.0. The van der Waals surface area contributed by atoms with Crippen molar-refractivity contribution in [1.29, 1.82) is 0 Å². The summed E-state index contributed by atoms with van der Waals surface area (Å²) in [5.74, 6) is -3.65. The Hall–Kier alpha value is -4.47. The summed E-state index contributed by atoms with van der Waals surface area (Å²) in [5.41, 5.74) is 8.91. The van der Waals surface area contributed by atoms with Crippen molar-refractivity contribution in [2.24, 2.45) is 5.73 Å². The highest BCUT2D eigenvalue weighted by atomic mass is 19.1. The lowest BCUT2D eigenvalue weighted by Crippen LogP contribution is -2.35. The molecule has 0 fully saturated rings. The molecule has 200 valence electrons. The number of primary amides is 1. The average molecular weight is 534 g/mol. The maximum Gasteiger partial charge on any atom is 0.342 e. The number of nitrogens with two attached hydrogens (primary N) is 1. The number of aryl methyl sites for hydroxylation is 1. The minimum Gasteiger partial charge on any atom is -0.366 e. The Bertz CT molecular complexity index is 1530. The number of amides is 2. The number of fused-ring (bicyclic) bond motifs is 1. The molecule has 1 atom stereocenters. The van der Waals surface area contributed by atoms with E-state index in [4.69, 9.17) is 5.73 Å². The van der Waals surface area contributed by atoms with Crippen LogP contribution in [-0.4, -0.2) is 33.2 Å². The number of aromatic nitrogens is 3. The van der Waals surface area contributed by atoms with Crippen LogP contribution in [0.3, 0.4) is 0 Å². The lowest BCUT2D eigenvalue weighted by Gasteiger charge is -2.21. The van der Waals surface area contributed by atoms with Gasteiger partial charge in [-0.05, 0) is 79.1 Å². The standard InChI is InChI=1S/C29H26F3N5O2/c30-21-11-17(12-22(31)14-21)10-20(15-35-29(39)37-26-6-2-1-4-19(26)16-36-37)27-23(5-3-9-34-27)18-7-8-25(32)24(13-18)28(33)38/h3,5,7-9,11-14,16,20H,1-2,4,6,10,15H2,(H2,33,38)(H,35,39)/t20-/m1/s1. The first-order valence-electron chi connectivity index (χ1n) is 12.6. The second kappa shape index (κ2) is 11.1. The molecule has 2 amide bonds. The number of carbonyl (C=O) groups is 2. The molecule has 4 aromatic rings. The molecule has 5 rings (SSSR count). The van der Waals surface area contributed by atoms with Crippen molar-refractivity contribution in [3.8, 4) is 11.1 Å². The van der Waals surface area contributed by atoms with E-state index in [1.807, 2.05) is 0 Å². The molecule has 1 aliphatic rings. The van der Waals surface area contributed by atoms with Crippen LogP contribution >= 0.6 is 0 Å². The van der Waals surface area contributed by atoms with Crippen LogP contribution in [-0.2, 0) is 19.3 Å². The van der Waals surface area contributed by atoms with Crippen LogP contribution in [0.2, 0.25) is 0 Å². The minimum atomic E-state index is -0.915. The molecule has 0 bridgehead atoms. The topological polar surface area (TPSA) is 103 Å². The molecule has 39 heavy (non-hydrogen) atoms. The van der Waals surface area contributed by atoms with Crippen molar-refractivity contribution in [3.63, 3.8) is 0 Å². The van der Waals surface area contributed by atoms with Gasteiger partial charge < -0.3 is 11.1 Å². The van der Waals surface area contributed by atoms with Gasteiger partial charge in [-0.1, -0.05) is 12.1 Å². The third-order valence-electron chi connectivity index (χ3n) is 6.93. The van der Waals surface area contributed by atoms with Crippen LogP contribution in [0.15, 0.2) is 60.9 Å². The Morgan fingerprint density at radius 3 is 2.56 bits per heavy atom. The summed E-state index contributed by atoms with van der Waals surface area (Å²) in [6.45, 7) is 0.0689. The molecule has 2 heterocycles. The highest BCUT2D eigenvalue weighted by molar-refractivity contribution is 5.94. The van der Waals surface area contributed by atoms with E-state index in [9.17, 15) is 22.8 Å². The number of halogens is 3. The zero-order valence-corrected chi connectivity index (χ0v) is 21.0. The molecule has 0 unspecified atom stereocenters. The van der Waals surface area contributed by atoms with Gasteiger partial charge in [-0.3, -0.25) is 9.78 Å². The number of hydrogen-bond acceptors (Lipinski definition) is 4. The van der Waals surface area contributed by atoms with E-state index >= 15 is 0 Å². The van der Waals surface area contributed by atoms with E-state index in [-0.39, 0.29) is 18.5 Å². The van der Waals surface area contributed by atoms with Crippen LogP contribution in [0.1, 0.15) is 51.6 Å². The zero-order chi connectivity index (χ0) is 27.5. The summed E-state index contributed by atoms with van der Waals surface area (Å²) in [6.07, 6.45) is 7.06. The molecule has 2 aromatic carbocycles. The maximum atomic E-state index is 14.2. The number of nitrogens with zero attached hydrogens (tertiary/aromatic N) is 3. The quantitative estimate of drug-likeness (QED) is 0.352. The molecule has 0 spiro atoms. The van der Waals surface area contributed by atoms with Crippen LogP contribution < -0.4 is 11.1 Å². The predicted octanol–water partition coefficient (Wildman–Crippen LogP) is 4.92. The second-order valence-corrected chi connectivity index (χ2v) is 9.60. The van der Waals surface area contributed by atoms with E-state index in [1.165, 1.54) is 28.9 Å². The average Bonchev–Trinajstić information content (AvgIpc) is 3.35. The van der Waals surface area contributed by atoms with Gasteiger partial charge >= 0.3 is 6.03 Å². The number of nitrogens with one attached hydrogen (secondary N) is 1. The first-order valence-corrected chi connectivity index (χ1v) is 12.6. The van der Waals surface area contributed by atoms with Crippen LogP contribution in [0.25, 0.3) is 11.1 Å². The summed E-state index contributed by atoms with van der Waals surface area (Å²) in [6, 6.07) is 10.2. The maximum absolute atomic E-state index is 14.2. The fourth-order valence-electron chi connectivity index (χ4n) is 5.10. The number of benzene rings is 2. The van der Waals surface area contributed by atoms with Crippen molar-refractivity contribution in [3.05, 3.63) is 106 Å². The normalized spacial score (nSPS) is 13.5. The summed E-state index contributed by atoms with van der Waals surface area (Å²) in [5, 5.41) is 7.17. The van der Waals surface area contributed by atoms with E-state index in [0.29, 0.717) is 22.4 Å². The minimum absolute atomic E-state index is 0.0689. The molecule has 2 aromatic heterocycles. The largest absolute Gasteiger partial charge is 0.366 e. The Labute approximate surface area is 222 Å². The fourth-order valence-corrected chi connectivity index (χ4v) is 5.10. The van der Waals surface area contributed by atoms with Gasteiger partial charge in [-0.2, -0.15) is 9.78 Å². The van der Waals surface area contributed by atoms with Gasteiger partial charge in [-0.15, -0.1) is 0 Å². The van der Waals surface area contributed by atoms with Crippen LogP contribution in [0.4, 0.5) is 18.0 Å². The van der Waals surface area contributed by atoms with Crippen LogP contribution in [0.5, 0.6) is 0 Å². The molecule has 0 saturated heterocycles. The number of pyridine rings is 1. The van der Waals surface area contributed by atoms with Gasteiger partial charge in [0.15, 0.2) is 0 Å². The Morgan fingerprint density at radius 1 is 1.03 bits per heavy atom. The molecule has 0 saturated carbocycles. The molecular formula is C29H26F3N5O2. The highest BCUT2D eigenvalue weighted by Gasteiger charge is 2.24. The highest BCUT2D eigenvalue weighted by Crippen LogP contribution is 2.31. The van der Waals surface area contributed by atoms with E-state index in [0.717, 1.165) is 49.1 Å². The van der Waals surface area contributed by atoms with Gasteiger partial charge in [-0.25, -0.2) is 18.0 Å². The second-order valence-electron chi connectivity index (χ2n) is 9.60. The third-order valence-corrected chi connectivity index (χ3v) is 6.93. The number of rotatable bonds is 7. The summed E-state index contributed by atoms with van der Waals surface area (Å²) in [7, 11) is 0. The van der Waals surface area contributed by atoms with Gasteiger partial charge in [0.25, 0.3) is 5.91 Å². The summed E-state index contributed by atoms with van der Waals surface area (Å²) < 4.78 is 43.6. The summed E-state index contributed by atoms with van der Waals surface area (Å²) >= 11 is 0. The molecule has 10 heteroatoms. The van der Waals surface area contributed by atoms with Gasteiger partial charge in [0.05, 0.1) is 23.1 Å². The molecule has 3 N–H and O–H groups in total. The molecule has 0 radical (unpaired) electrons. The first-order chi connectivity index (χ1) is 18.8.